The number of anilines is 1. The van der Waals surface area contributed by atoms with E-state index in [0.29, 0.717) is 22.1 Å². The number of aromatic nitrogens is 1. The summed E-state index contributed by atoms with van der Waals surface area (Å²) >= 11 is 1.28. The Balaban J connectivity index is 1.72. The van der Waals surface area contributed by atoms with Crippen LogP contribution in [0.15, 0.2) is 71.8 Å². The first-order chi connectivity index (χ1) is 16.0. The lowest BCUT2D eigenvalue weighted by Gasteiger charge is -2.13. The fourth-order valence-corrected chi connectivity index (χ4v) is 3.91. The average molecular weight is 462 g/mol. The number of carbonyl (C=O) groups is 1. The second-order valence-corrected chi connectivity index (χ2v) is 7.78. The summed E-state index contributed by atoms with van der Waals surface area (Å²) in [5.74, 6) is 0.902. The number of hydrogen-bond acceptors (Lipinski definition) is 8. The third kappa shape index (κ3) is 4.80. The number of hydrogen-bond donors (Lipinski definition) is 0. The zero-order valence-electron chi connectivity index (χ0n) is 17.7. The lowest BCUT2D eigenvalue weighted by Crippen LogP contribution is -2.25. The Morgan fingerprint density at radius 3 is 2.33 bits per heavy atom. The molecule has 0 aliphatic carbocycles. The summed E-state index contributed by atoms with van der Waals surface area (Å²) in [6.07, 6.45) is 1.54. The van der Waals surface area contributed by atoms with Crippen molar-refractivity contribution in [3.05, 3.63) is 88.0 Å². The first-order valence-corrected chi connectivity index (χ1v) is 10.5. The van der Waals surface area contributed by atoms with Crippen LogP contribution in [-0.4, -0.2) is 36.2 Å². The molecule has 1 aromatic heterocycles. The first kappa shape index (κ1) is 21.9. The van der Waals surface area contributed by atoms with E-state index in [0.717, 1.165) is 10.3 Å². The summed E-state index contributed by atoms with van der Waals surface area (Å²) in [5.41, 5.74) is 1.58. The van der Waals surface area contributed by atoms with E-state index in [-0.39, 0.29) is 11.3 Å². The molecule has 4 rings (SSSR count). The fraction of sp³-hybridized carbons (Fsp3) is 0.0870. The number of benzene rings is 3. The number of nitrogens with zero attached hydrogens (tertiary/aromatic N) is 4. The normalized spacial score (nSPS) is 11.0. The van der Waals surface area contributed by atoms with Crippen LogP contribution in [0.1, 0.15) is 15.9 Å². The number of hydrazone groups is 1. The number of amides is 1. The van der Waals surface area contributed by atoms with E-state index in [4.69, 9.17) is 9.47 Å². The molecule has 33 heavy (non-hydrogen) atoms. The van der Waals surface area contributed by atoms with Crippen molar-refractivity contribution in [2.24, 2.45) is 5.10 Å². The number of thiazole rings is 1. The maximum Gasteiger partial charge on any atom is 0.280 e. The zero-order chi connectivity index (χ0) is 23.4. The Kier molecular flexibility index (Phi) is 6.27. The highest BCUT2D eigenvalue weighted by molar-refractivity contribution is 7.22. The van der Waals surface area contributed by atoms with E-state index in [1.807, 2.05) is 6.07 Å². The monoisotopic (exact) mass is 462 g/mol. The van der Waals surface area contributed by atoms with Crippen molar-refractivity contribution < 1.29 is 19.2 Å². The van der Waals surface area contributed by atoms with Crippen LogP contribution < -0.4 is 14.5 Å². The lowest BCUT2D eigenvalue weighted by atomic mass is 10.2. The Morgan fingerprint density at radius 1 is 1.03 bits per heavy atom. The first-order valence-electron chi connectivity index (χ1n) is 9.70. The minimum Gasteiger partial charge on any atom is -0.497 e. The predicted molar refractivity (Wildman–Crippen MR) is 127 cm³/mol. The van der Waals surface area contributed by atoms with Crippen LogP contribution in [0.25, 0.3) is 10.2 Å². The number of carbonyl (C=O) groups excluding carboxylic acids is 1. The summed E-state index contributed by atoms with van der Waals surface area (Å²) in [5, 5.41) is 16.9. The lowest BCUT2D eigenvalue weighted by molar-refractivity contribution is -0.384. The molecule has 0 saturated heterocycles. The number of ether oxygens (including phenoxy) is 2. The van der Waals surface area contributed by atoms with Crippen LogP contribution in [0.5, 0.6) is 11.5 Å². The van der Waals surface area contributed by atoms with Gasteiger partial charge >= 0.3 is 0 Å². The van der Waals surface area contributed by atoms with Crippen LogP contribution >= 0.6 is 11.3 Å². The minimum absolute atomic E-state index is 0.105. The van der Waals surface area contributed by atoms with Crippen molar-refractivity contribution in [3.8, 4) is 11.5 Å². The zero-order valence-corrected chi connectivity index (χ0v) is 18.5. The van der Waals surface area contributed by atoms with Crippen LogP contribution in [-0.2, 0) is 0 Å². The van der Waals surface area contributed by atoms with Gasteiger partial charge in [-0.3, -0.25) is 14.9 Å². The van der Waals surface area contributed by atoms with Gasteiger partial charge in [-0.2, -0.15) is 10.1 Å². The highest BCUT2D eigenvalue weighted by Crippen LogP contribution is 2.32. The van der Waals surface area contributed by atoms with Gasteiger partial charge in [-0.1, -0.05) is 11.3 Å². The molecule has 0 radical (unpaired) electrons. The van der Waals surface area contributed by atoms with Crippen LogP contribution in [0.2, 0.25) is 0 Å². The maximum atomic E-state index is 13.3. The SMILES string of the molecule is COc1ccc(/C=N/N(C(=O)c2ccc([N+](=O)[O-])cc2)c2nc3ccc(OC)cc3s2)cc1. The Hall–Kier alpha value is -4.31. The van der Waals surface area contributed by atoms with Gasteiger partial charge in [-0.05, 0) is 60.2 Å². The van der Waals surface area contributed by atoms with Gasteiger partial charge in [-0.15, -0.1) is 0 Å². The smallest absolute Gasteiger partial charge is 0.280 e. The van der Waals surface area contributed by atoms with Crippen molar-refractivity contribution in [2.45, 2.75) is 0 Å². The molecule has 0 bridgehead atoms. The second-order valence-electron chi connectivity index (χ2n) is 6.77. The van der Waals surface area contributed by atoms with Gasteiger partial charge in [0.05, 0.1) is 35.6 Å². The molecular weight excluding hydrogens is 444 g/mol. The van der Waals surface area contributed by atoms with Gasteiger partial charge in [0.15, 0.2) is 0 Å². The van der Waals surface area contributed by atoms with Crippen molar-refractivity contribution in [2.75, 3.05) is 19.2 Å². The minimum atomic E-state index is -0.519. The van der Waals surface area contributed by atoms with Crippen molar-refractivity contribution in [1.82, 2.24) is 4.98 Å². The fourth-order valence-electron chi connectivity index (χ4n) is 2.96. The quantitative estimate of drug-likeness (QED) is 0.220. The van der Waals surface area contributed by atoms with Crippen LogP contribution in [0.4, 0.5) is 10.8 Å². The summed E-state index contributed by atoms with van der Waals surface area (Å²) in [6, 6.07) is 18.0. The number of nitro benzene ring substituents is 1. The summed E-state index contributed by atoms with van der Waals surface area (Å²) in [7, 11) is 3.16. The summed E-state index contributed by atoms with van der Waals surface area (Å²) in [4.78, 5) is 28.3. The maximum absolute atomic E-state index is 13.3. The molecule has 3 aromatic carbocycles. The summed E-state index contributed by atoms with van der Waals surface area (Å²) in [6.45, 7) is 0. The molecule has 1 amide bonds. The predicted octanol–water partition coefficient (Wildman–Crippen LogP) is 4.90. The van der Waals surface area contributed by atoms with E-state index in [2.05, 4.69) is 10.1 Å². The molecule has 10 heteroatoms. The Labute approximate surface area is 192 Å². The molecule has 9 nitrogen and oxygen atoms in total. The van der Waals surface area contributed by atoms with Crippen LogP contribution in [0.3, 0.4) is 0 Å². The van der Waals surface area contributed by atoms with Crippen molar-refractivity contribution in [1.29, 1.82) is 0 Å². The molecule has 0 N–H and O–H groups in total. The third-order valence-corrected chi connectivity index (χ3v) is 5.71. The topological polar surface area (TPSA) is 107 Å². The van der Waals surface area contributed by atoms with E-state index < -0.39 is 10.8 Å². The van der Waals surface area contributed by atoms with E-state index in [1.165, 1.54) is 46.8 Å². The van der Waals surface area contributed by atoms with Gasteiger partial charge in [0.1, 0.15) is 11.5 Å². The largest absolute Gasteiger partial charge is 0.497 e. The Bertz CT molecular complexity index is 1330. The van der Waals surface area contributed by atoms with Crippen LogP contribution in [0, 0.1) is 10.1 Å². The molecule has 0 saturated carbocycles. The molecule has 166 valence electrons. The number of non-ortho nitro benzene ring substituents is 1. The number of fused-ring (bicyclic) bond motifs is 1. The van der Waals surface area contributed by atoms with Gasteiger partial charge < -0.3 is 9.47 Å². The average Bonchev–Trinajstić information content (AvgIpc) is 3.27. The van der Waals surface area contributed by atoms with Gasteiger partial charge in [-0.25, -0.2) is 4.98 Å². The molecule has 0 spiro atoms. The number of methoxy groups -OCH3 is 2. The molecule has 0 fully saturated rings. The van der Waals surface area contributed by atoms with Gasteiger partial charge in [0.2, 0.25) is 5.13 Å². The van der Waals surface area contributed by atoms with E-state index >= 15 is 0 Å². The molecule has 4 aromatic rings. The standard InChI is InChI=1S/C23H18N4O5S/c1-31-18-9-3-15(4-10-18)14-24-26(22(28)16-5-7-17(8-6-16)27(29)30)23-25-20-12-11-19(32-2)13-21(20)33-23/h3-14H,1-2H3/b24-14+. The van der Waals surface area contributed by atoms with Gasteiger partial charge in [0.25, 0.3) is 11.6 Å². The highest BCUT2D eigenvalue weighted by atomic mass is 32.1. The van der Waals surface area contributed by atoms with Crippen molar-refractivity contribution >= 4 is 44.5 Å². The Morgan fingerprint density at radius 2 is 1.70 bits per heavy atom. The summed E-state index contributed by atoms with van der Waals surface area (Å²) < 4.78 is 11.3. The number of nitro groups is 1. The highest BCUT2D eigenvalue weighted by Gasteiger charge is 2.22. The van der Waals surface area contributed by atoms with E-state index in [9.17, 15) is 14.9 Å². The molecule has 0 aliphatic rings. The third-order valence-electron chi connectivity index (χ3n) is 4.72. The molecule has 0 atom stereocenters. The molecule has 0 aliphatic heterocycles. The molecule has 1 heterocycles. The molecular formula is C23H18N4O5S. The van der Waals surface area contributed by atoms with Gasteiger partial charge in [0, 0.05) is 17.7 Å². The number of rotatable bonds is 7. The van der Waals surface area contributed by atoms with E-state index in [1.54, 1.807) is 50.6 Å². The van der Waals surface area contributed by atoms with Crippen molar-refractivity contribution in [3.63, 3.8) is 0 Å². The second kappa shape index (κ2) is 9.45. The molecule has 0 unspecified atom stereocenters.